The Morgan fingerprint density at radius 1 is 0.492 bits per heavy atom. The van der Waals surface area contributed by atoms with Crippen LogP contribution < -0.4 is 0 Å². The molecule has 0 aromatic carbocycles. The third kappa shape index (κ3) is 41.9. The van der Waals surface area contributed by atoms with E-state index in [1.165, 1.54) is 109 Å². The van der Waals surface area contributed by atoms with Crippen molar-refractivity contribution in [3.05, 3.63) is 0 Å². The highest BCUT2D eigenvalue weighted by Crippen LogP contribution is 2.29. The second-order valence-electron chi connectivity index (χ2n) is 18.1. The molecule has 0 aliphatic heterocycles. The predicted octanol–water partition coefficient (Wildman–Crippen LogP) is 15.2. The lowest BCUT2D eigenvalue weighted by atomic mass is 9.86. The predicted molar refractivity (Wildman–Crippen MR) is 258 cm³/mol. The van der Waals surface area contributed by atoms with Crippen molar-refractivity contribution in [1.29, 1.82) is 0 Å². The molecular weight excluding hydrogens is 735 g/mol. The third-order valence-corrected chi connectivity index (χ3v) is 11.6. The average Bonchev–Trinajstić information content (AvgIpc) is 3.22. The zero-order chi connectivity index (χ0) is 44.2. The molecule has 7 heteroatoms. The Balaban J connectivity index is -0.00000292. The fraction of sp³-hybridized carbons (Fsp3) is 0.962. The van der Waals surface area contributed by atoms with Gasteiger partial charge < -0.3 is 24.6 Å². The Bertz CT molecular complexity index is 831. The van der Waals surface area contributed by atoms with Gasteiger partial charge in [0.1, 0.15) is 6.10 Å². The van der Waals surface area contributed by atoms with Crippen molar-refractivity contribution in [1.82, 2.24) is 4.90 Å². The van der Waals surface area contributed by atoms with Crippen LogP contribution in [-0.4, -0.2) is 73.1 Å². The van der Waals surface area contributed by atoms with Crippen molar-refractivity contribution in [2.75, 3.05) is 40.0 Å². The molecule has 0 heterocycles. The number of nitrogens with zero attached hydrogens (tertiary/aromatic N) is 1. The molecule has 0 spiro atoms. The highest BCUT2D eigenvalue weighted by Gasteiger charge is 2.31. The van der Waals surface area contributed by atoms with Gasteiger partial charge in [-0.05, 0) is 98.6 Å². The number of aliphatic hydroxyl groups excluding tert-OH is 2. The van der Waals surface area contributed by atoms with Crippen molar-refractivity contribution in [3.8, 4) is 0 Å². The van der Waals surface area contributed by atoms with Crippen LogP contribution in [0.4, 0.5) is 0 Å². The largest absolute Gasteiger partial charge is 0.465 e. The van der Waals surface area contributed by atoms with E-state index >= 15 is 0 Å². The summed E-state index contributed by atoms with van der Waals surface area (Å²) < 4.78 is 11.9. The fourth-order valence-electron chi connectivity index (χ4n) is 7.49. The van der Waals surface area contributed by atoms with Gasteiger partial charge in [0.2, 0.25) is 0 Å². The molecule has 0 aromatic rings. The Morgan fingerprint density at radius 2 is 0.831 bits per heavy atom. The molecule has 59 heavy (non-hydrogen) atoms. The van der Waals surface area contributed by atoms with Crippen LogP contribution in [0, 0.1) is 10.8 Å². The van der Waals surface area contributed by atoms with Crippen LogP contribution in [0.1, 0.15) is 269 Å². The number of ether oxygens (including phenoxy) is 2. The van der Waals surface area contributed by atoms with E-state index in [1.807, 2.05) is 27.7 Å². The van der Waals surface area contributed by atoms with Crippen LogP contribution in [0.15, 0.2) is 0 Å². The lowest BCUT2D eigenvalue weighted by Crippen LogP contribution is -2.31. The van der Waals surface area contributed by atoms with Gasteiger partial charge in [-0.3, -0.25) is 9.59 Å². The van der Waals surface area contributed by atoms with Crippen LogP contribution >= 0.6 is 0 Å². The van der Waals surface area contributed by atoms with Crippen LogP contribution in [0.5, 0.6) is 0 Å². The standard InChI is InChI=1S/C48H95NO5.C2H6.CH4O.CH4/c1-8-11-14-17-20-21-22-27-34-43-53-45(51)47(4,5)38-31-33-40-49(41-42-50)39-32-26-25-30-37-48(6,7)46(52)54-44(35-28-23-18-15-12-9-2)36-29-24-19-16-13-10-3;2*1-2;/h44,50H,8-43H2,1-7H3;1-2H3;2H,1H3;1H4. The molecule has 0 atom stereocenters. The zero-order valence-electron chi connectivity index (χ0n) is 41.0. The maximum Gasteiger partial charge on any atom is 0.311 e. The summed E-state index contributed by atoms with van der Waals surface area (Å²) in [5, 5.41) is 16.7. The van der Waals surface area contributed by atoms with Gasteiger partial charge in [-0.25, -0.2) is 0 Å². The Hall–Kier alpha value is -1.18. The summed E-state index contributed by atoms with van der Waals surface area (Å²) in [5.41, 5.74) is -0.902. The van der Waals surface area contributed by atoms with Crippen LogP contribution in [-0.2, 0) is 19.1 Å². The molecule has 0 fully saturated rings. The molecule has 2 N–H and O–H groups in total. The molecular formula is C52H109NO6. The average molecular weight is 844 g/mol. The van der Waals surface area contributed by atoms with E-state index in [2.05, 4.69) is 39.5 Å². The van der Waals surface area contributed by atoms with E-state index < -0.39 is 10.8 Å². The first-order valence-electron chi connectivity index (χ1n) is 25.2. The highest BCUT2D eigenvalue weighted by molar-refractivity contribution is 5.76. The lowest BCUT2D eigenvalue weighted by Gasteiger charge is -2.27. The van der Waals surface area contributed by atoms with Crippen LogP contribution in [0.2, 0.25) is 0 Å². The summed E-state index contributed by atoms with van der Waals surface area (Å²) in [6.07, 6.45) is 36.8. The zero-order valence-corrected chi connectivity index (χ0v) is 41.0. The summed E-state index contributed by atoms with van der Waals surface area (Å²) in [5.74, 6) is -0.0688. The van der Waals surface area contributed by atoms with Crippen molar-refractivity contribution >= 4 is 11.9 Å². The molecule has 0 saturated heterocycles. The van der Waals surface area contributed by atoms with E-state index in [0.717, 1.165) is 110 Å². The number of esters is 2. The van der Waals surface area contributed by atoms with E-state index in [9.17, 15) is 14.7 Å². The first-order valence-corrected chi connectivity index (χ1v) is 25.2. The van der Waals surface area contributed by atoms with Gasteiger partial charge in [0.25, 0.3) is 0 Å². The van der Waals surface area contributed by atoms with Gasteiger partial charge in [-0.15, -0.1) is 0 Å². The maximum atomic E-state index is 13.4. The Labute approximate surface area is 370 Å². The number of aliphatic hydroxyl groups is 2. The molecule has 358 valence electrons. The maximum absolute atomic E-state index is 13.4. The first kappa shape index (κ1) is 64.4. The number of rotatable bonds is 41. The second kappa shape index (κ2) is 47.9. The van der Waals surface area contributed by atoms with Crippen LogP contribution in [0.25, 0.3) is 0 Å². The van der Waals surface area contributed by atoms with Crippen molar-refractivity contribution < 1.29 is 29.3 Å². The summed E-state index contributed by atoms with van der Waals surface area (Å²) >= 11 is 0. The van der Waals surface area contributed by atoms with E-state index in [1.54, 1.807) is 0 Å². The number of hydrogen-bond donors (Lipinski definition) is 2. The fourth-order valence-corrected chi connectivity index (χ4v) is 7.49. The SMILES string of the molecule is C.CC.CCCCCCCCCCCOC(=O)C(C)(C)CCCCN(CCO)CCCCCCC(C)(C)C(=O)OC(CCCCCCCC)CCCCCCCC.CO. The number of carbonyl (C=O) groups excluding carboxylic acids is 2. The minimum Gasteiger partial charge on any atom is -0.465 e. The van der Waals surface area contributed by atoms with Gasteiger partial charge in [0.05, 0.1) is 24.0 Å². The third-order valence-electron chi connectivity index (χ3n) is 11.6. The van der Waals surface area contributed by atoms with Gasteiger partial charge in [0.15, 0.2) is 0 Å². The minimum atomic E-state index is -0.454. The summed E-state index contributed by atoms with van der Waals surface area (Å²) in [7, 11) is 1.00. The van der Waals surface area contributed by atoms with E-state index in [4.69, 9.17) is 14.6 Å². The minimum absolute atomic E-state index is 0. The quantitative estimate of drug-likeness (QED) is 0.0467. The van der Waals surface area contributed by atoms with Gasteiger partial charge in [0, 0.05) is 13.7 Å². The molecule has 0 aromatic heterocycles. The number of unbranched alkanes of at least 4 members (excludes halogenated alkanes) is 22. The lowest BCUT2D eigenvalue weighted by molar-refractivity contribution is -0.161. The van der Waals surface area contributed by atoms with Gasteiger partial charge >= 0.3 is 11.9 Å². The smallest absolute Gasteiger partial charge is 0.311 e. The monoisotopic (exact) mass is 844 g/mol. The Kier molecular flexibility index (Phi) is 52.3. The molecule has 0 radical (unpaired) electrons. The van der Waals surface area contributed by atoms with Crippen molar-refractivity contribution in [2.24, 2.45) is 10.8 Å². The molecule has 0 rings (SSSR count). The summed E-state index contributed by atoms with van der Waals surface area (Å²) in [6, 6.07) is 0. The molecule has 0 amide bonds. The van der Waals surface area contributed by atoms with Crippen molar-refractivity contribution in [3.63, 3.8) is 0 Å². The highest BCUT2D eigenvalue weighted by atomic mass is 16.5. The molecule has 7 nitrogen and oxygen atoms in total. The topological polar surface area (TPSA) is 96.3 Å². The van der Waals surface area contributed by atoms with Gasteiger partial charge in [-0.2, -0.15) is 0 Å². The van der Waals surface area contributed by atoms with Crippen molar-refractivity contribution in [2.45, 2.75) is 275 Å². The van der Waals surface area contributed by atoms with Gasteiger partial charge in [-0.1, -0.05) is 183 Å². The molecule has 0 aliphatic rings. The van der Waals surface area contributed by atoms with Crippen LogP contribution in [0.3, 0.4) is 0 Å². The second-order valence-corrected chi connectivity index (χ2v) is 18.1. The molecule has 0 bridgehead atoms. The Morgan fingerprint density at radius 3 is 1.27 bits per heavy atom. The molecule has 0 aliphatic carbocycles. The van der Waals surface area contributed by atoms with E-state index in [-0.39, 0.29) is 32.1 Å². The molecule has 0 saturated carbocycles. The number of hydrogen-bond acceptors (Lipinski definition) is 7. The summed E-state index contributed by atoms with van der Waals surface area (Å²) in [6.45, 7) is 22.3. The number of carbonyl (C=O) groups is 2. The summed E-state index contributed by atoms with van der Waals surface area (Å²) in [4.78, 5) is 28.5. The first-order chi connectivity index (χ1) is 28.0. The normalized spacial score (nSPS) is 11.4. The molecule has 0 unspecified atom stereocenters. The van der Waals surface area contributed by atoms with E-state index in [0.29, 0.717) is 13.2 Å².